The van der Waals surface area contributed by atoms with Crippen molar-refractivity contribution in [1.29, 1.82) is 0 Å². The number of aromatic nitrogens is 6. The molecule has 0 bridgehead atoms. The minimum Gasteiger partial charge on any atom is -0.366 e. The number of alkyl halides is 2. The summed E-state index contributed by atoms with van der Waals surface area (Å²) in [5.41, 5.74) is 8.54. The minimum atomic E-state index is -2.61. The Kier molecular flexibility index (Phi) is 6.53. The minimum absolute atomic E-state index is 0.00907. The second kappa shape index (κ2) is 9.54. The standard InChI is InChI=1S/C23H26F2N8O/c1-4-13(3)29-22(34)19-8-15(9-20-30-23(26)31-33(19)20)16-11-28-32(12-16)18(5-2)14-6-7-17(21(24)25)27-10-14/h6-13,18,21H,4-5H2,1-3H3,(H2,26,31)(H,29,34)/t13-,18?/m0/s1. The van der Waals surface area contributed by atoms with Crippen molar-refractivity contribution in [2.24, 2.45) is 0 Å². The largest absolute Gasteiger partial charge is 0.366 e. The Labute approximate surface area is 195 Å². The van der Waals surface area contributed by atoms with Crippen LogP contribution >= 0.6 is 0 Å². The molecule has 1 amide bonds. The highest BCUT2D eigenvalue weighted by Gasteiger charge is 2.19. The van der Waals surface area contributed by atoms with Crippen LogP contribution in [0.15, 0.2) is 42.9 Å². The molecule has 0 aliphatic rings. The summed E-state index contributed by atoms with van der Waals surface area (Å²) in [7, 11) is 0. The maximum absolute atomic E-state index is 12.9. The summed E-state index contributed by atoms with van der Waals surface area (Å²) in [5.74, 6) is -0.216. The number of pyridine rings is 2. The molecule has 0 radical (unpaired) electrons. The molecule has 178 valence electrons. The Hall–Kier alpha value is -3.89. The van der Waals surface area contributed by atoms with Gasteiger partial charge in [0.2, 0.25) is 5.95 Å². The van der Waals surface area contributed by atoms with Crippen LogP contribution in [-0.2, 0) is 0 Å². The van der Waals surface area contributed by atoms with Crippen LogP contribution in [0, 0.1) is 0 Å². The summed E-state index contributed by atoms with van der Waals surface area (Å²) >= 11 is 0. The average Bonchev–Trinajstić information content (AvgIpc) is 3.45. The summed E-state index contributed by atoms with van der Waals surface area (Å²) in [5, 5.41) is 11.6. The molecular weight excluding hydrogens is 442 g/mol. The molecule has 0 aliphatic carbocycles. The number of nitrogens with two attached hydrogens (primary N) is 1. The fourth-order valence-electron chi connectivity index (χ4n) is 3.70. The lowest BCUT2D eigenvalue weighted by molar-refractivity contribution is 0.0931. The van der Waals surface area contributed by atoms with E-state index in [1.165, 1.54) is 16.8 Å². The van der Waals surface area contributed by atoms with Gasteiger partial charge in [0.1, 0.15) is 11.4 Å². The fraction of sp³-hybridized carbons (Fsp3) is 0.348. The summed E-state index contributed by atoms with van der Waals surface area (Å²) in [6, 6.07) is 6.29. The molecule has 2 atom stereocenters. The van der Waals surface area contributed by atoms with E-state index in [9.17, 15) is 13.6 Å². The number of halogens is 2. The maximum Gasteiger partial charge on any atom is 0.280 e. The summed E-state index contributed by atoms with van der Waals surface area (Å²) in [6.07, 6.45) is 3.84. The first-order chi connectivity index (χ1) is 16.3. The molecule has 1 unspecified atom stereocenters. The van der Waals surface area contributed by atoms with Crippen LogP contribution in [0.4, 0.5) is 14.7 Å². The molecule has 0 aromatic carbocycles. The van der Waals surface area contributed by atoms with E-state index < -0.39 is 6.43 Å². The molecule has 9 nitrogen and oxygen atoms in total. The predicted molar refractivity (Wildman–Crippen MR) is 123 cm³/mol. The smallest absolute Gasteiger partial charge is 0.280 e. The van der Waals surface area contributed by atoms with Gasteiger partial charge in [-0.15, -0.1) is 5.10 Å². The molecule has 0 saturated heterocycles. The Balaban J connectivity index is 1.70. The van der Waals surface area contributed by atoms with E-state index in [1.807, 2.05) is 27.0 Å². The second-order valence-electron chi connectivity index (χ2n) is 8.10. The van der Waals surface area contributed by atoms with Gasteiger partial charge in [-0.3, -0.25) is 14.5 Å². The number of anilines is 1. The van der Waals surface area contributed by atoms with Gasteiger partial charge in [-0.1, -0.05) is 19.9 Å². The number of carbonyl (C=O) groups is 1. The first kappa shape index (κ1) is 23.3. The maximum atomic E-state index is 12.9. The summed E-state index contributed by atoms with van der Waals surface area (Å²) < 4.78 is 28.9. The highest BCUT2D eigenvalue weighted by Crippen LogP contribution is 2.27. The van der Waals surface area contributed by atoms with Crippen molar-refractivity contribution >= 4 is 17.5 Å². The third-order valence-corrected chi connectivity index (χ3v) is 5.73. The molecule has 3 N–H and O–H groups in total. The van der Waals surface area contributed by atoms with Gasteiger partial charge in [0, 0.05) is 24.0 Å². The SMILES string of the molecule is CCC(c1ccc(C(F)F)nc1)n1cc(-c2cc(C(=O)N[C@@H](C)CC)n3nc(N)nc3c2)cn1. The van der Waals surface area contributed by atoms with E-state index in [0.717, 1.165) is 23.1 Å². The van der Waals surface area contributed by atoms with Gasteiger partial charge in [0.15, 0.2) is 5.65 Å². The quantitative estimate of drug-likeness (QED) is 0.403. The third-order valence-electron chi connectivity index (χ3n) is 5.73. The zero-order valence-corrected chi connectivity index (χ0v) is 19.1. The monoisotopic (exact) mass is 468 g/mol. The molecule has 4 aromatic heterocycles. The fourth-order valence-corrected chi connectivity index (χ4v) is 3.70. The zero-order valence-electron chi connectivity index (χ0n) is 19.1. The van der Waals surface area contributed by atoms with Gasteiger partial charge >= 0.3 is 0 Å². The molecule has 0 saturated carbocycles. The van der Waals surface area contributed by atoms with Crippen LogP contribution in [0.5, 0.6) is 0 Å². The van der Waals surface area contributed by atoms with Gasteiger partial charge in [-0.05, 0) is 49.1 Å². The van der Waals surface area contributed by atoms with E-state index in [2.05, 4.69) is 25.5 Å². The summed E-state index contributed by atoms with van der Waals surface area (Å²) in [6.45, 7) is 5.89. The highest BCUT2D eigenvalue weighted by molar-refractivity contribution is 5.95. The van der Waals surface area contributed by atoms with Crippen LogP contribution in [0.25, 0.3) is 16.8 Å². The van der Waals surface area contributed by atoms with E-state index in [1.54, 1.807) is 29.1 Å². The predicted octanol–water partition coefficient (Wildman–Crippen LogP) is 4.04. The number of nitrogens with zero attached hydrogens (tertiary/aromatic N) is 6. The zero-order chi connectivity index (χ0) is 24.4. The Bertz CT molecular complexity index is 1300. The Morgan fingerprint density at radius 3 is 2.59 bits per heavy atom. The van der Waals surface area contributed by atoms with Crippen molar-refractivity contribution in [2.75, 3.05) is 5.73 Å². The third kappa shape index (κ3) is 4.59. The Morgan fingerprint density at radius 2 is 1.94 bits per heavy atom. The van der Waals surface area contributed by atoms with E-state index in [-0.39, 0.29) is 29.6 Å². The average molecular weight is 469 g/mol. The van der Waals surface area contributed by atoms with Crippen molar-refractivity contribution in [2.45, 2.75) is 52.1 Å². The van der Waals surface area contributed by atoms with E-state index in [0.29, 0.717) is 17.8 Å². The van der Waals surface area contributed by atoms with Crippen LogP contribution in [0.1, 0.15) is 67.8 Å². The van der Waals surface area contributed by atoms with Gasteiger partial charge in [-0.2, -0.15) is 10.1 Å². The molecule has 0 fully saturated rings. The molecular formula is C23H26F2N8O. The molecule has 0 aliphatic heterocycles. The number of amides is 1. The number of hydrogen-bond donors (Lipinski definition) is 2. The molecule has 0 spiro atoms. The number of carbonyl (C=O) groups excluding carboxylic acids is 1. The number of rotatable bonds is 8. The number of nitrogen functional groups attached to an aromatic ring is 1. The van der Waals surface area contributed by atoms with Crippen LogP contribution < -0.4 is 11.1 Å². The number of nitrogens with one attached hydrogen (secondary N) is 1. The van der Waals surface area contributed by atoms with Crippen molar-refractivity contribution < 1.29 is 13.6 Å². The number of hydrogen-bond acceptors (Lipinski definition) is 6. The van der Waals surface area contributed by atoms with Crippen molar-refractivity contribution in [3.63, 3.8) is 0 Å². The molecule has 4 rings (SSSR count). The van der Waals surface area contributed by atoms with Crippen molar-refractivity contribution in [3.8, 4) is 11.1 Å². The Morgan fingerprint density at radius 1 is 1.15 bits per heavy atom. The highest BCUT2D eigenvalue weighted by atomic mass is 19.3. The number of fused-ring (bicyclic) bond motifs is 1. The molecule has 4 aromatic rings. The van der Waals surface area contributed by atoms with Crippen LogP contribution in [-0.4, -0.2) is 41.3 Å². The molecule has 11 heteroatoms. The van der Waals surface area contributed by atoms with Crippen LogP contribution in [0.2, 0.25) is 0 Å². The first-order valence-electron chi connectivity index (χ1n) is 11.1. The summed E-state index contributed by atoms with van der Waals surface area (Å²) in [4.78, 5) is 21.0. The van der Waals surface area contributed by atoms with Crippen LogP contribution in [0.3, 0.4) is 0 Å². The van der Waals surface area contributed by atoms with E-state index >= 15 is 0 Å². The molecule has 34 heavy (non-hydrogen) atoms. The van der Waals surface area contributed by atoms with Gasteiger partial charge in [0.05, 0.1) is 12.2 Å². The topological polar surface area (TPSA) is 116 Å². The normalized spacial score (nSPS) is 13.4. The van der Waals surface area contributed by atoms with Gasteiger partial charge < -0.3 is 11.1 Å². The lowest BCUT2D eigenvalue weighted by Gasteiger charge is -2.16. The second-order valence-corrected chi connectivity index (χ2v) is 8.10. The first-order valence-corrected chi connectivity index (χ1v) is 11.1. The van der Waals surface area contributed by atoms with Crippen molar-refractivity contribution in [1.82, 2.24) is 34.7 Å². The van der Waals surface area contributed by atoms with Gasteiger partial charge in [-0.25, -0.2) is 13.3 Å². The molecule has 4 heterocycles. The van der Waals surface area contributed by atoms with Gasteiger partial charge in [0.25, 0.3) is 12.3 Å². The van der Waals surface area contributed by atoms with E-state index in [4.69, 9.17) is 5.73 Å². The van der Waals surface area contributed by atoms with Crippen molar-refractivity contribution in [3.05, 3.63) is 59.8 Å². The lowest BCUT2D eigenvalue weighted by Crippen LogP contribution is -2.33. The lowest BCUT2D eigenvalue weighted by atomic mass is 10.1.